The Morgan fingerprint density at radius 1 is 1.09 bits per heavy atom. The maximum atomic E-state index is 13.1. The van der Waals surface area contributed by atoms with Gasteiger partial charge in [-0.25, -0.2) is 8.78 Å². The van der Waals surface area contributed by atoms with Crippen LogP contribution in [0, 0.1) is 11.6 Å². The lowest BCUT2D eigenvalue weighted by atomic mass is 10.1. The molecule has 2 atom stereocenters. The van der Waals surface area contributed by atoms with Crippen molar-refractivity contribution in [2.45, 2.75) is 25.7 Å². The number of para-hydroxylation sites is 2. The molecule has 1 aliphatic rings. The van der Waals surface area contributed by atoms with E-state index in [0.717, 1.165) is 6.07 Å². The molecule has 0 radical (unpaired) electrons. The van der Waals surface area contributed by atoms with E-state index in [0.29, 0.717) is 17.1 Å². The highest BCUT2D eigenvalue weighted by Gasteiger charge is 2.33. The van der Waals surface area contributed by atoms with Crippen molar-refractivity contribution in [3.8, 4) is 11.5 Å². The minimum absolute atomic E-state index is 0.00173. The molecule has 0 aromatic heterocycles. The molecule has 23 heavy (non-hydrogen) atoms. The van der Waals surface area contributed by atoms with Gasteiger partial charge in [-0.15, -0.1) is 0 Å². The van der Waals surface area contributed by atoms with Crippen molar-refractivity contribution in [2.24, 2.45) is 0 Å². The molecule has 4 nitrogen and oxygen atoms in total. The second-order valence-electron chi connectivity index (χ2n) is 5.30. The zero-order chi connectivity index (χ0) is 16.4. The van der Waals surface area contributed by atoms with Crippen LogP contribution < -0.4 is 14.8 Å². The van der Waals surface area contributed by atoms with Crippen LogP contribution in [-0.2, 0) is 11.3 Å². The van der Waals surface area contributed by atoms with Crippen LogP contribution >= 0.6 is 0 Å². The molecule has 1 amide bonds. The summed E-state index contributed by atoms with van der Waals surface area (Å²) in [4.78, 5) is 12.3. The molecule has 2 aromatic rings. The van der Waals surface area contributed by atoms with Crippen molar-refractivity contribution in [1.29, 1.82) is 0 Å². The third-order valence-electron chi connectivity index (χ3n) is 3.49. The monoisotopic (exact) mass is 319 g/mol. The van der Waals surface area contributed by atoms with Gasteiger partial charge in [0.2, 0.25) is 6.10 Å². The Morgan fingerprint density at radius 3 is 2.35 bits per heavy atom. The number of benzene rings is 2. The van der Waals surface area contributed by atoms with Gasteiger partial charge < -0.3 is 14.8 Å². The molecule has 2 aromatic carbocycles. The fraction of sp³-hybridized carbons (Fsp3) is 0.235. The van der Waals surface area contributed by atoms with Crippen LogP contribution in [0.2, 0.25) is 0 Å². The molecule has 1 heterocycles. The molecule has 120 valence electrons. The maximum absolute atomic E-state index is 13.1. The summed E-state index contributed by atoms with van der Waals surface area (Å²) in [5.74, 6) is -0.710. The maximum Gasteiger partial charge on any atom is 0.265 e. The number of hydrogen-bond acceptors (Lipinski definition) is 3. The van der Waals surface area contributed by atoms with E-state index in [1.165, 1.54) is 12.1 Å². The van der Waals surface area contributed by atoms with Crippen LogP contribution in [-0.4, -0.2) is 18.1 Å². The lowest BCUT2D eigenvalue weighted by molar-refractivity contribution is -0.133. The number of carbonyl (C=O) groups is 1. The summed E-state index contributed by atoms with van der Waals surface area (Å²) in [6.45, 7) is 1.73. The molecular weight excluding hydrogens is 304 g/mol. The molecule has 0 saturated carbocycles. The third-order valence-corrected chi connectivity index (χ3v) is 3.49. The van der Waals surface area contributed by atoms with Gasteiger partial charge in [-0.2, -0.15) is 0 Å². The Labute approximate surface area is 132 Å². The van der Waals surface area contributed by atoms with E-state index in [1.807, 2.05) is 6.07 Å². The SMILES string of the molecule is C[C@H]1Oc2ccccc2O[C@H]1C(=O)NCc1cc(F)cc(F)c1. The molecule has 3 rings (SSSR count). The Bertz CT molecular complexity index is 715. The largest absolute Gasteiger partial charge is 0.482 e. The summed E-state index contributed by atoms with van der Waals surface area (Å²) in [6.07, 6.45) is -1.31. The molecule has 1 N–H and O–H groups in total. The predicted octanol–water partition coefficient (Wildman–Crippen LogP) is 2.81. The zero-order valence-electron chi connectivity index (χ0n) is 12.4. The van der Waals surface area contributed by atoms with Gasteiger partial charge in [-0.3, -0.25) is 4.79 Å². The quantitative estimate of drug-likeness (QED) is 0.946. The van der Waals surface area contributed by atoms with Gasteiger partial charge in [0, 0.05) is 12.6 Å². The van der Waals surface area contributed by atoms with Crippen LogP contribution in [0.15, 0.2) is 42.5 Å². The first-order valence-corrected chi connectivity index (χ1v) is 7.18. The molecule has 0 unspecified atom stereocenters. The molecule has 0 spiro atoms. The van der Waals surface area contributed by atoms with Crippen LogP contribution in [0.3, 0.4) is 0 Å². The Kier molecular flexibility index (Phi) is 4.14. The van der Waals surface area contributed by atoms with Crippen LogP contribution in [0.1, 0.15) is 12.5 Å². The highest BCUT2D eigenvalue weighted by Crippen LogP contribution is 2.33. The first-order valence-electron chi connectivity index (χ1n) is 7.18. The second kappa shape index (κ2) is 6.24. The third kappa shape index (κ3) is 3.41. The smallest absolute Gasteiger partial charge is 0.265 e. The number of hydrogen-bond donors (Lipinski definition) is 1. The molecule has 0 bridgehead atoms. The number of fused-ring (bicyclic) bond motifs is 1. The molecule has 1 aliphatic heterocycles. The fourth-order valence-corrected chi connectivity index (χ4v) is 2.41. The van der Waals surface area contributed by atoms with E-state index >= 15 is 0 Å². The predicted molar refractivity (Wildman–Crippen MR) is 79.2 cm³/mol. The molecule has 0 fully saturated rings. The fourth-order valence-electron chi connectivity index (χ4n) is 2.41. The van der Waals surface area contributed by atoms with Gasteiger partial charge in [-0.1, -0.05) is 12.1 Å². The number of ether oxygens (including phenoxy) is 2. The van der Waals surface area contributed by atoms with Crippen molar-refractivity contribution in [3.63, 3.8) is 0 Å². The van der Waals surface area contributed by atoms with Crippen LogP contribution in [0.25, 0.3) is 0 Å². The highest BCUT2D eigenvalue weighted by molar-refractivity contribution is 5.82. The summed E-state index contributed by atoms with van der Waals surface area (Å²) in [7, 11) is 0. The average Bonchev–Trinajstić information content (AvgIpc) is 2.51. The minimum atomic E-state index is -0.830. The molecule has 0 aliphatic carbocycles. The van der Waals surface area contributed by atoms with Crippen molar-refractivity contribution in [1.82, 2.24) is 5.32 Å². The molecular formula is C17H15F2NO3. The highest BCUT2D eigenvalue weighted by atomic mass is 19.1. The second-order valence-corrected chi connectivity index (χ2v) is 5.30. The number of rotatable bonds is 3. The van der Waals surface area contributed by atoms with Crippen LogP contribution in [0.5, 0.6) is 11.5 Å². The minimum Gasteiger partial charge on any atom is -0.482 e. The number of halogens is 2. The summed E-state index contributed by atoms with van der Waals surface area (Å²) < 4.78 is 37.6. The van der Waals surface area contributed by atoms with Gasteiger partial charge in [0.25, 0.3) is 5.91 Å². The van der Waals surface area contributed by atoms with Gasteiger partial charge in [-0.05, 0) is 36.8 Å². The van der Waals surface area contributed by atoms with Gasteiger partial charge in [0.05, 0.1) is 0 Å². The average molecular weight is 319 g/mol. The molecule has 6 heteroatoms. The van der Waals surface area contributed by atoms with E-state index in [1.54, 1.807) is 25.1 Å². The normalized spacial score (nSPS) is 19.3. The van der Waals surface area contributed by atoms with Gasteiger partial charge in [0.15, 0.2) is 11.5 Å². The van der Waals surface area contributed by atoms with E-state index < -0.39 is 29.7 Å². The summed E-state index contributed by atoms with van der Waals surface area (Å²) in [6, 6.07) is 10.2. The zero-order valence-corrected chi connectivity index (χ0v) is 12.4. The van der Waals surface area contributed by atoms with E-state index in [-0.39, 0.29) is 6.54 Å². The summed E-state index contributed by atoms with van der Waals surface area (Å²) >= 11 is 0. The van der Waals surface area contributed by atoms with Gasteiger partial charge >= 0.3 is 0 Å². The van der Waals surface area contributed by atoms with Crippen molar-refractivity contribution in [2.75, 3.05) is 0 Å². The number of amides is 1. The van der Waals surface area contributed by atoms with Crippen molar-refractivity contribution in [3.05, 3.63) is 59.7 Å². The Hall–Kier alpha value is -2.63. The lowest BCUT2D eigenvalue weighted by Crippen LogP contribution is -2.48. The first kappa shape index (κ1) is 15.3. The molecule has 0 saturated heterocycles. The Balaban J connectivity index is 1.66. The lowest BCUT2D eigenvalue weighted by Gasteiger charge is -2.31. The van der Waals surface area contributed by atoms with E-state index in [2.05, 4.69) is 5.32 Å². The summed E-state index contributed by atoms with van der Waals surface area (Å²) in [5.41, 5.74) is 0.334. The number of carbonyl (C=O) groups excluding carboxylic acids is 1. The van der Waals surface area contributed by atoms with Crippen molar-refractivity contribution >= 4 is 5.91 Å². The van der Waals surface area contributed by atoms with Crippen LogP contribution in [0.4, 0.5) is 8.78 Å². The first-order chi connectivity index (χ1) is 11.0. The van der Waals surface area contributed by atoms with E-state index in [9.17, 15) is 13.6 Å². The van der Waals surface area contributed by atoms with Crippen molar-refractivity contribution < 1.29 is 23.0 Å². The Morgan fingerprint density at radius 2 is 1.70 bits per heavy atom. The standard InChI is InChI=1S/C17H15F2NO3/c1-10-16(23-15-5-3-2-4-14(15)22-10)17(21)20-9-11-6-12(18)8-13(19)7-11/h2-8,10,16H,9H2,1H3,(H,20,21)/t10-,16-/m1/s1. The van der Waals surface area contributed by atoms with E-state index in [4.69, 9.17) is 9.47 Å². The van der Waals surface area contributed by atoms with Gasteiger partial charge in [0.1, 0.15) is 17.7 Å². The summed E-state index contributed by atoms with van der Waals surface area (Å²) in [5, 5.41) is 2.61. The topological polar surface area (TPSA) is 47.6 Å². The number of nitrogens with one attached hydrogen (secondary N) is 1.